The SMILES string of the molecule is COCCn1c(SCC(=O)N2CCN(c3ccccc3)CC2)nnc1-c1ccoc1C. The molecule has 1 aromatic carbocycles. The molecule has 0 atom stereocenters. The fourth-order valence-corrected chi connectivity index (χ4v) is 4.53. The molecule has 2 aromatic heterocycles. The summed E-state index contributed by atoms with van der Waals surface area (Å²) in [5.41, 5.74) is 2.11. The molecular formula is C22H27N5O3S. The van der Waals surface area contributed by atoms with Gasteiger partial charge in [0.05, 0.1) is 30.7 Å². The molecule has 3 aromatic rings. The van der Waals surface area contributed by atoms with E-state index in [1.165, 1.54) is 17.4 Å². The maximum absolute atomic E-state index is 12.8. The van der Waals surface area contributed by atoms with Gasteiger partial charge in [-0.25, -0.2) is 0 Å². The van der Waals surface area contributed by atoms with Gasteiger partial charge in [-0.1, -0.05) is 30.0 Å². The van der Waals surface area contributed by atoms with E-state index >= 15 is 0 Å². The molecule has 0 bridgehead atoms. The molecule has 1 aliphatic heterocycles. The monoisotopic (exact) mass is 441 g/mol. The van der Waals surface area contributed by atoms with Crippen LogP contribution in [0.5, 0.6) is 0 Å². The van der Waals surface area contributed by atoms with E-state index in [-0.39, 0.29) is 5.91 Å². The second-order valence-electron chi connectivity index (χ2n) is 7.33. The van der Waals surface area contributed by atoms with E-state index in [0.29, 0.717) is 24.1 Å². The lowest BCUT2D eigenvalue weighted by molar-refractivity contribution is -0.128. The predicted molar refractivity (Wildman–Crippen MR) is 120 cm³/mol. The molecule has 0 unspecified atom stereocenters. The van der Waals surface area contributed by atoms with Gasteiger partial charge in [-0.3, -0.25) is 9.36 Å². The van der Waals surface area contributed by atoms with E-state index in [2.05, 4.69) is 27.2 Å². The number of furan rings is 1. The molecule has 1 aliphatic rings. The largest absolute Gasteiger partial charge is 0.469 e. The maximum Gasteiger partial charge on any atom is 0.233 e. The Morgan fingerprint density at radius 3 is 2.58 bits per heavy atom. The molecule has 164 valence electrons. The molecule has 1 amide bonds. The third-order valence-electron chi connectivity index (χ3n) is 5.41. The summed E-state index contributed by atoms with van der Waals surface area (Å²) < 4.78 is 12.7. The highest BCUT2D eigenvalue weighted by molar-refractivity contribution is 7.99. The highest BCUT2D eigenvalue weighted by Crippen LogP contribution is 2.27. The lowest BCUT2D eigenvalue weighted by Crippen LogP contribution is -2.49. The Morgan fingerprint density at radius 1 is 1.13 bits per heavy atom. The second-order valence-corrected chi connectivity index (χ2v) is 8.28. The molecule has 0 N–H and O–H groups in total. The number of thioether (sulfide) groups is 1. The minimum absolute atomic E-state index is 0.125. The first-order valence-electron chi connectivity index (χ1n) is 10.3. The number of hydrogen-bond acceptors (Lipinski definition) is 7. The summed E-state index contributed by atoms with van der Waals surface area (Å²) in [6, 6.07) is 12.2. The number of carbonyl (C=O) groups is 1. The number of rotatable bonds is 8. The Labute approximate surface area is 186 Å². The van der Waals surface area contributed by atoms with E-state index in [1.54, 1.807) is 13.4 Å². The average Bonchev–Trinajstić information content (AvgIpc) is 3.42. The Hall–Kier alpha value is -2.78. The summed E-state index contributed by atoms with van der Waals surface area (Å²) in [6.45, 7) is 6.17. The number of piperazine rings is 1. The van der Waals surface area contributed by atoms with Crippen LogP contribution in [0.1, 0.15) is 5.76 Å². The zero-order valence-electron chi connectivity index (χ0n) is 17.9. The number of nitrogens with zero attached hydrogens (tertiary/aromatic N) is 5. The minimum Gasteiger partial charge on any atom is -0.469 e. The number of amides is 1. The standard InChI is InChI=1S/C22H27N5O3S/c1-17-19(8-14-30-17)21-23-24-22(27(21)13-15-29-2)31-16-20(28)26-11-9-25(10-12-26)18-6-4-3-5-7-18/h3-8,14H,9-13,15-16H2,1-2H3. The van der Waals surface area contributed by atoms with Crippen molar-refractivity contribution in [3.63, 3.8) is 0 Å². The van der Waals surface area contributed by atoms with Crippen LogP contribution >= 0.6 is 11.8 Å². The maximum atomic E-state index is 12.8. The number of benzene rings is 1. The van der Waals surface area contributed by atoms with Gasteiger partial charge in [0.25, 0.3) is 0 Å². The second kappa shape index (κ2) is 10.0. The van der Waals surface area contributed by atoms with Gasteiger partial charge in [-0.2, -0.15) is 0 Å². The molecule has 4 rings (SSSR count). The third kappa shape index (κ3) is 4.94. The van der Waals surface area contributed by atoms with Crippen LogP contribution in [0.2, 0.25) is 0 Å². The molecule has 3 heterocycles. The molecular weight excluding hydrogens is 414 g/mol. The third-order valence-corrected chi connectivity index (χ3v) is 6.37. The smallest absolute Gasteiger partial charge is 0.233 e. The van der Waals surface area contributed by atoms with Gasteiger partial charge in [0, 0.05) is 39.0 Å². The first kappa shape index (κ1) is 21.5. The number of ether oxygens (including phenoxy) is 1. The van der Waals surface area contributed by atoms with Gasteiger partial charge in [0.2, 0.25) is 5.91 Å². The van der Waals surface area contributed by atoms with Crippen molar-refractivity contribution in [2.75, 3.05) is 50.5 Å². The Bertz CT molecular complexity index is 996. The highest BCUT2D eigenvalue weighted by Gasteiger charge is 2.23. The quantitative estimate of drug-likeness (QED) is 0.498. The van der Waals surface area contributed by atoms with Gasteiger partial charge >= 0.3 is 0 Å². The van der Waals surface area contributed by atoms with E-state index in [9.17, 15) is 4.79 Å². The highest BCUT2D eigenvalue weighted by atomic mass is 32.2. The Morgan fingerprint density at radius 2 is 1.90 bits per heavy atom. The number of aryl methyl sites for hydroxylation is 1. The summed E-state index contributed by atoms with van der Waals surface area (Å²) in [4.78, 5) is 17.1. The van der Waals surface area contributed by atoms with Crippen molar-refractivity contribution in [2.24, 2.45) is 0 Å². The lowest BCUT2D eigenvalue weighted by atomic mass is 10.2. The molecule has 0 radical (unpaired) electrons. The molecule has 9 heteroatoms. The number of hydrogen-bond donors (Lipinski definition) is 0. The van der Waals surface area contributed by atoms with Crippen LogP contribution in [0.15, 0.2) is 52.2 Å². The molecule has 0 aliphatic carbocycles. The van der Waals surface area contributed by atoms with Crippen molar-refractivity contribution < 1.29 is 13.9 Å². The topological polar surface area (TPSA) is 76.6 Å². The summed E-state index contributed by atoms with van der Waals surface area (Å²) in [6.07, 6.45) is 1.64. The minimum atomic E-state index is 0.125. The van der Waals surface area contributed by atoms with Crippen molar-refractivity contribution in [1.29, 1.82) is 0 Å². The van der Waals surface area contributed by atoms with E-state index in [1.807, 2.05) is 40.7 Å². The number of carbonyl (C=O) groups excluding carboxylic acids is 1. The fraction of sp³-hybridized carbons (Fsp3) is 0.409. The van der Waals surface area contributed by atoms with Crippen LogP contribution < -0.4 is 4.90 Å². The molecule has 0 spiro atoms. The average molecular weight is 442 g/mol. The zero-order valence-corrected chi connectivity index (χ0v) is 18.7. The van der Waals surface area contributed by atoms with Crippen molar-refractivity contribution in [3.05, 3.63) is 48.4 Å². The Balaban J connectivity index is 1.37. The first-order chi connectivity index (χ1) is 15.2. The van der Waals surface area contributed by atoms with Gasteiger partial charge in [-0.15, -0.1) is 10.2 Å². The van der Waals surface area contributed by atoms with Gasteiger partial charge in [0.1, 0.15) is 5.76 Å². The summed E-state index contributed by atoms with van der Waals surface area (Å²) in [5.74, 6) is 1.98. The normalized spacial score (nSPS) is 14.3. The molecule has 1 saturated heterocycles. The summed E-state index contributed by atoms with van der Waals surface area (Å²) in [7, 11) is 1.67. The fourth-order valence-electron chi connectivity index (χ4n) is 3.67. The molecule has 31 heavy (non-hydrogen) atoms. The van der Waals surface area contributed by atoms with Crippen LogP contribution in [-0.2, 0) is 16.1 Å². The van der Waals surface area contributed by atoms with E-state index in [0.717, 1.165) is 43.3 Å². The van der Waals surface area contributed by atoms with Crippen LogP contribution in [0.25, 0.3) is 11.4 Å². The lowest BCUT2D eigenvalue weighted by Gasteiger charge is -2.36. The van der Waals surface area contributed by atoms with E-state index in [4.69, 9.17) is 9.15 Å². The molecule has 1 fully saturated rings. The van der Waals surface area contributed by atoms with Crippen LogP contribution in [-0.4, -0.2) is 71.2 Å². The van der Waals surface area contributed by atoms with Crippen LogP contribution in [0.4, 0.5) is 5.69 Å². The molecule has 0 saturated carbocycles. The van der Waals surface area contributed by atoms with Gasteiger partial charge in [0.15, 0.2) is 11.0 Å². The van der Waals surface area contributed by atoms with Crippen molar-refractivity contribution in [2.45, 2.75) is 18.6 Å². The Kier molecular flexibility index (Phi) is 6.93. The molecule has 8 nitrogen and oxygen atoms in total. The van der Waals surface area contributed by atoms with Gasteiger partial charge in [-0.05, 0) is 25.1 Å². The van der Waals surface area contributed by atoms with Gasteiger partial charge < -0.3 is 19.0 Å². The number of methoxy groups -OCH3 is 1. The summed E-state index contributed by atoms with van der Waals surface area (Å²) >= 11 is 1.42. The summed E-state index contributed by atoms with van der Waals surface area (Å²) in [5, 5.41) is 9.40. The van der Waals surface area contributed by atoms with Crippen molar-refractivity contribution in [1.82, 2.24) is 19.7 Å². The van der Waals surface area contributed by atoms with Crippen molar-refractivity contribution >= 4 is 23.4 Å². The van der Waals surface area contributed by atoms with Crippen LogP contribution in [0, 0.1) is 6.92 Å². The first-order valence-corrected chi connectivity index (χ1v) is 11.3. The van der Waals surface area contributed by atoms with Crippen molar-refractivity contribution in [3.8, 4) is 11.4 Å². The predicted octanol–water partition coefficient (Wildman–Crippen LogP) is 2.93. The zero-order chi connectivity index (χ0) is 21.6. The number of para-hydroxylation sites is 1. The number of aromatic nitrogens is 3. The van der Waals surface area contributed by atoms with Crippen LogP contribution in [0.3, 0.4) is 0 Å². The van der Waals surface area contributed by atoms with E-state index < -0.39 is 0 Å². The number of anilines is 1.